The van der Waals surface area contributed by atoms with Crippen molar-refractivity contribution in [2.75, 3.05) is 13.2 Å². The standard InChI is InChI=1S/C19H35N3O3Si/c1-8-24-19(23)12-10-9-11-18(13-14-21-22-20)25-26(15(2)3,16(4)5)17(6)7/h9-12,15-18H,8,13-14H2,1-7H3/b11-9+,12-10+/t18-/m1/s1. The van der Waals surface area contributed by atoms with Gasteiger partial charge >= 0.3 is 5.97 Å². The van der Waals surface area contributed by atoms with E-state index in [4.69, 9.17) is 14.7 Å². The molecule has 0 saturated heterocycles. The zero-order valence-corrected chi connectivity index (χ0v) is 18.3. The van der Waals surface area contributed by atoms with Crippen LogP contribution in [0.15, 0.2) is 29.4 Å². The maximum absolute atomic E-state index is 11.4. The van der Waals surface area contributed by atoms with Gasteiger partial charge < -0.3 is 9.16 Å². The van der Waals surface area contributed by atoms with Gasteiger partial charge in [-0.25, -0.2) is 4.79 Å². The quantitative estimate of drug-likeness (QED) is 0.0799. The van der Waals surface area contributed by atoms with E-state index in [1.165, 1.54) is 6.08 Å². The smallest absolute Gasteiger partial charge is 0.330 e. The monoisotopic (exact) mass is 381 g/mol. The van der Waals surface area contributed by atoms with Crippen molar-refractivity contribution in [3.05, 3.63) is 34.7 Å². The van der Waals surface area contributed by atoms with Crippen LogP contribution < -0.4 is 0 Å². The van der Waals surface area contributed by atoms with Gasteiger partial charge in [-0.1, -0.05) is 64.9 Å². The zero-order valence-electron chi connectivity index (χ0n) is 17.3. The number of azide groups is 1. The Morgan fingerprint density at radius 3 is 2.15 bits per heavy atom. The lowest BCUT2D eigenvalue weighted by atomic mass is 10.2. The third kappa shape index (κ3) is 7.77. The van der Waals surface area contributed by atoms with Crippen LogP contribution in [0.4, 0.5) is 0 Å². The molecule has 0 aliphatic heterocycles. The molecule has 148 valence electrons. The number of esters is 1. The molecule has 0 radical (unpaired) electrons. The highest BCUT2D eigenvalue weighted by Gasteiger charge is 2.46. The SMILES string of the molecule is CCOC(=O)/C=C/C=C/[C@H](CCN=[N+]=[N-])O[Si](C(C)C)(C(C)C)C(C)C. The largest absolute Gasteiger partial charge is 0.463 e. The van der Waals surface area contributed by atoms with E-state index in [9.17, 15) is 4.79 Å². The molecule has 0 aromatic rings. The van der Waals surface area contributed by atoms with E-state index in [1.807, 2.05) is 6.08 Å². The fraction of sp³-hybridized carbons (Fsp3) is 0.737. The van der Waals surface area contributed by atoms with Crippen LogP contribution in [0, 0.1) is 0 Å². The Hall–Kier alpha value is -1.56. The van der Waals surface area contributed by atoms with Crippen molar-refractivity contribution in [1.29, 1.82) is 0 Å². The van der Waals surface area contributed by atoms with Crippen molar-refractivity contribution in [2.24, 2.45) is 5.11 Å². The van der Waals surface area contributed by atoms with Gasteiger partial charge in [0.2, 0.25) is 8.32 Å². The van der Waals surface area contributed by atoms with Crippen LogP contribution in [0.25, 0.3) is 10.4 Å². The second kappa shape index (κ2) is 12.7. The molecular formula is C19H35N3O3Si. The van der Waals surface area contributed by atoms with Crippen molar-refractivity contribution in [2.45, 2.75) is 77.6 Å². The molecule has 0 rings (SSSR count). The molecular weight excluding hydrogens is 346 g/mol. The fourth-order valence-corrected chi connectivity index (χ4v) is 9.14. The number of allylic oxidation sites excluding steroid dienone is 2. The van der Waals surface area contributed by atoms with E-state index < -0.39 is 8.32 Å². The Labute approximate surface area is 159 Å². The molecule has 0 aromatic carbocycles. The normalized spacial score (nSPS) is 13.8. The summed E-state index contributed by atoms with van der Waals surface area (Å²) in [6.45, 7) is 15.9. The van der Waals surface area contributed by atoms with Crippen molar-refractivity contribution in [1.82, 2.24) is 0 Å². The first-order valence-corrected chi connectivity index (χ1v) is 11.6. The molecule has 0 fully saturated rings. The van der Waals surface area contributed by atoms with E-state index in [1.54, 1.807) is 19.1 Å². The Bertz CT molecular complexity index is 502. The molecule has 0 bridgehead atoms. The first-order chi connectivity index (χ1) is 12.2. The van der Waals surface area contributed by atoms with Crippen LogP contribution in [0.2, 0.25) is 16.6 Å². The van der Waals surface area contributed by atoms with Gasteiger partial charge in [-0.3, -0.25) is 0 Å². The number of nitrogens with zero attached hydrogens (tertiary/aromatic N) is 3. The van der Waals surface area contributed by atoms with Gasteiger partial charge in [-0.05, 0) is 35.5 Å². The number of carbonyl (C=O) groups excluding carboxylic acids is 1. The van der Waals surface area contributed by atoms with Crippen molar-refractivity contribution >= 4 is 14.3 Å². The first-order valence-electron chi connectivity index (χ1n) is 9.42. The molecule has 0 saturated carbocycles. The van der Waals surface area contributed by atoms with Crippen molar-refractivity contribution < 1.29 is 14.0 Å². The van der Waals surface area contributed by atoms with Crippen LogP contribution in [0.1, 0.15) is 54.9 Å². The third-order valence-corrected chi connectivity index (χ3v) is 10.7. The highest BCUT2D eigenvalue weighted by molar-refractivity contribution is 6.77. The van der Waals surface area contributed by atoms with E-state index >= 15 is 0 Å². The Morgan fingerprint density at radius 1 is 1.12 bits per heavy atom. The lowest BCUT2D eigenvalue weighted by Crippen LogP contribution is -2.50. The van der Waals surface area contributed by atoms with Gasteiger partial charge in [0, 0.05) is 17.5 Å². The van der Waals surface area contributed by atoms with E-state index in [0.717, 1.165) is 0 Å². The Balaban J connectivity index is 5.38. The maximum atomic E-state index is 11.4. The Morgan fingerprint density at radius 2 is 1.69 bits per heavy atom. The summed E-state index contributed by atoms with van der Waals surface area (Å²) in [5, 5.41) is 3.65. The second-order valence-electron chi connectivity index (χ2n) is 7.21. The second-order valence-corrected chi connectivity index (χ2v) is 12.6. The van der Waals surface area contributed by atoms with Crippen LogP contribution in [0.5, 0.6) is 0 Å². The van der Waals surface area contributed by atoms with Gasteiger partial charge in [0.1, 0.15) is 0 Å². The summed E-state index contributed by atoms with van der Waals surface area (Å²) >= 11 is 0. The summed E-state index contributed by atoms with van der Waals surface area (Å²) in [7, 11) is -2.05. The lowest BCUT2D eigenvalue weighted by molar-refractivity contribution is -0.137. The summed E-state index contributed by atoms with van der Waals surface area (Å²) in [4.78, 5) is 14.2. The van der Waals surface area contributed by atoms with Crippen LogP contribution >= 0.6 is 0 Å². The minimum absolute atomic E-state index is 0.147. The summed E-state index contributed by atoms with van der Waals surface area (Å²) in [5.74, 6) is -0.362. The zero-order chi connectivity index (χ0) is 20.2. The predicted molar refractivity (Wildman–Crippen MR) is 109 cm³/mol. The highest BCUT2D eigenvalue weighted by atomic mass is 28.4. The predicted octanol–water partition coefficient (Wildman–Crippen LogP) is 5.92. The first kappa shape index (κ1) is 24.4. The van der Waals surface area contributed by atoms with E-state index in [0.29, 0.717) is 36.2 Å². The number of ether oxygens (including phenoxy) is 1. The summed E-state index contributed by atoms with van der Waals surface area (Å²) in [5.41, 5.74) is 9.94. The highest BCUT2D eigenvalue weighted by Crippen LogP contribution is 2.43. The van der Waals surface area contributed by atoms with Crippen LogP contribution in [0.3, 0.4) is 0 Å². The number of carbonyl (C=O) groups is 1. The average molecular weight is 382 g/mol. The molecule has 0 amide bonds. The van der Waals surface area contributed by atoms with Gasteiger partial charge in [-0.2, -0.15) is 0 Å². The number of hydrogen-bond acceptors (Lipinski definition) is 4. The minimum Gasteiger partial charge on any atom is -0.463 e. The fourth-order valence-electron chi connectivity index (χ4n) is 3.61. The van der Waals surface area contributed by atoms with Gasteiger partial charge in [0.15, 0.2) is 0 Å². The molecule has 7 heteroatoms. The summed E-state index contributed by atoms with van der Waals surface area (Å²) < 4.78 is 11.6. The molecule has 0 N–H and O–H groups in total. The molecule has 0 spiro atoms. The van der Waals surface area contributed by atoms with Crippen LogP contribution in [-0.2, 0) is 14.0 Å². The van der Waals surface area contributed by atoms with Crippen LogP contribution in [-0.4, -0.2) is 33.5 Å². The topological polar surface area (TPSA) is 84.3 Å². The molecule has 0 aromatic heterocycles. The molecule has 1 atom stereocenters. The maximum Gasteiger partial charge on any atom is 0.330 e. The van der Waals surface area contributed by atoms with Gasteiger partial charge in [0.25, 0.3) is 0 Å². The molecule has 0 heterocycles. The Kier molecular flexibility index (Phi) is 12.0. The van der Waals surface area contributed by atoms with Gasteiger partial charge in [-0.15, -0.1) is 0 Å². The molecule has 0 aliphatic rings. The number of hydrogen-bond donors (Lipinski definition) is 0. The van der Waals surface area contributed by atoms with E-state index in [-0.39, 0.29) is 12.1 Å². The summed E-state index contributed by atoms with van der Waals surface area (Å²) in [6.07, 6.45) is 7.27. The molecule has 0 aliphatic carbocycles. The molecule has 26 heavy (non-hydrogen) atoms. The van der Waals surface area contributed by atoms with Crippen molar-refractivity contribution in [3.8, 4) is 0 Å². The molecule has 6 nitrogen and oxygen atoms in total. The molecule has 0 unspecified atom stereocenters. The lowest BCUT2D eigenvalue weighted by Gasteiger charge is -2.44. The minimum atomic E-state index is -2.05. The average Bonchev–Trinajstić information content (AvgIpc) is 2.55. The van der Waals surface area contributed by atoms with E-state index in [2.05, 4.69) is 51.6 Å². The number of rotatable bonds is 12. The summed E-state index contributed by atoms with van der Waals surface area (Å²) in [6, 6.07) is 0. The third-order valence-electron chi connectivity index (χ3n) is 4.60. The van der Waals surface area contributed by atoms with Gasteiger partial charge in [0.05, 0.1) is 12.7 Å². The van der Waals surface area contributed by atoms with Crippen molar-refractivity contribution in [3.63, 3.8) is 0 Å².